The molecule has 0 unspecified atom stereocenters. The Labute approximate surface area is 208 Å². The molecular formula is C28H35N3O4. The molecule has 0 bridgehead atoms. The predicted molar refractivity (Wildman–Crippen MR) is 141 cm³/mol. The van der Waals surface area contributed by atoms with E-state index < -0.39 is 5.91 Å². The molecule has 186 valence electrons. The molecule has 3 N–H and O–H groups in total. The fourth-order valence-electron chi connectivity index (χ4n) is 3.54. The van der Waals surface area contributed by atoms with Crippen LogP contribution >= 0.6 is 0 Å². The van der Waals surface area contributed by atoms with Gasteiger partial charge in [0.05, 0.1) is 0 Å². The SMILES string of the molecule is CCN(Cc1ccc(C(N)=O)cc1Oc1ccc(C(=O)Nc2ccc(C(C)C)cc2)cc1)C(C)=O.[HH].[HH]. The highest BCUT2D eigenvalue weighted by molar-refractivity contribution is 6.04. The lowest BCUT2D eigenvalue weighted by atomic mass is 10.0. The minimum atomic E-state index is -0.575. The third kappa shape index (κ3) is 6.69. The topological polar surface area (TPSA) is 102 Å². The lowest BCUT2D eigenvalue weighted by Crippen LogP contribution is -2.28. The van der Waals surface area contributed by atoms with Crippen molar-refractivity contribution in [2.45, 2.75) is 40.2 Å². The third-order valence-electron chi connectivity index (χ3n) is 5.72. The van der Waals surface area contributed by atoms with Crippen LogP contribution in [0.2, 0.25) is 0 Å². The zero-order valence-electron chi connectivity index (χ0n) is 20.5. The number of carbonyl (C=O) groups excluding carboxylic acids is 3. The number of nitrogens with one attached hydrogen (secondary N) is 1. The Hall–Kier alpha value is -4.13. The molecule has 0 aliphatic heterocycles. The summed E-state index contributed by atoms with van der Waals surface area (Å²) < 4.78 is 6.04. The van der Waals surface area contributed by atoms with E-state index in [0.717, 1.165) is 11.3 Å². The van der Waals surface area contributed by atoms with E-state index in [1.165, 1.54) is 12.5 Å². The van der Waals surface area contributed by atoms with E-state index in [2.05, 4.69) is 19.2 Å². The zero-order valence-corrected chi connectivity index (χ0v) is 20.5. The molecule has 0 radical (unpaired) electrons. The molecule has 3 aromatic carbocycles. The summed E-state index contributed by atoms with van der Waals surface area (Å²) in [4.78, 5) is 37.9. The van der Waals surface area contributed by atoms with E-state index in [1.807, 2.05) is 31.2 Å². The number of benzene rings is 3. The summed E-state index contributed by atoms with van der Waals surface area (Å²) in [6, 6.07) is 19.4. The van der Waals surface area contributed by atoms with Gasteiger partial charge in [-0.15, -0.1) is 0 Å². The van der Waals surface area contributed by atoms with Crippen molar-refractivity contribution in [1.82, 2.24) is 4.90 Å². The molecule has 0 aliphatic rings. The molecule has 0 heterocycles. The van der Waals surface area contributed by atoms with Gasteiger partial charge in [0.25, 0.3) is 5.91 Å². The normalized spacial score (nSPS) is 10.7. The Kier molecular flexibility index (Phi) is 8.25. The molecule has 35 heavy (non-hydrogen) atoms. The van der Waals surface area contributed by atoms with Crippen LogP contribution in [-0.4, -0.2) is 29.2 Å². The minimum absolute atomic E-state index is 0. The van der Waals surface area contributed by atoms with Crippen molar-refractivity contribution in [3.63, 3.8) is 0 Å². The largest absolute Gasteiger partial charge is 0.457 e. The van der Waals surface area contributed by atoms with E-state index in [9.17, 15) is 14.4 Å². The van der Waals surface area contributed by atoms with Crippen molar-refractivity contribution in [2.75, 3.05) is 11.9 Å². The lowest BCUT2D eigenvalue weighted by Gasteiger charge is -2.21. The first kappa shape index (κ1) is 25.5. The first-order valence-corrected chi connectivity index (χ1v) is 11.6. The second-order valence-electron chi connectivity index (χ2n) is 8.58. The Morgan fingerprint density at radius 1 is 0.971 bits per heavy atom. The molecule has 7 nitrogen and oxygen atoms in total. The van der Waals surface area contributed by atoms with Crippen molar-refractivity contribution in [1.29, 1.82) is 0 Å². The average molecular weight is 478 g/mol. The van der Waals surface area contributed by atoms with Crippen LogP contribution in [0.5, 0.6) is 11.5 Å². The quantitative estimate of drug-likeness (QED) is 0.406. The van der Waals surface area contributed by atoms with Crippen LogP contribution in [0.15, 0.2) is 66.7 Å². The Morgan fingerprint density at radius 2 is 1.60 bits per heavy atom. The standard InChI is InChI=1S/C28H31N3O4.2H2/c1-5-31(19(4)32)17-23-7-6-22(27(29)33)16-26(23)35-25-14-10-21(11-15-25)28(34)30-24-12-8-20(9-13-24)18(2)3;;/h6-16,18H,5,17H2,1-4H3,(H2,29,33)(H,30,34);2*1H. The predicted octanol–water partition coefficient (Wildman–Crippen LogP) is 5.81. The van der Waals surface area contributed by atoms with Gasteiger partial charge in [0.2, 0.25) is 11.8 Å². The summed E-state index contributed by atoms with van der Waals surface area (Å²) in [5.74, 6) is 0.453. The molecule has 0 saturated heterocycles. The number of rotatable bonds is 9. The average Bonchev–Trinajstić information content (AvgIpc) is 2.83. The van der Waals surface area contributed by atoms with Crippen LogP contribution in [-0.2, 0) is 11.3 Å². The van der Waals surface area contributed by atoms with Crippen LogP contribution in [0.1, 0.15) is 68.3 Å². The fraction of sp³-hybridized carbons (Fsp3) is 0.250. The van der Waals surface area contributed by atoms with E-state index in [0.29, 0.717) is 41.6 Å². The van der Waals surface area contributed by atoms with Crippen LogP contribution in [0, 0.1) is 0 Å². The van der Waals surface area contributed by atoms with Gasteiger partial charge in [-0.1, -0.05) is 32.0 Å². The van der Waals surface area contributed by atoms with Crippen LogP contribution in [0.3, 0.4) is 0 Å². The number of carbonyl (C=O) groups is 3. The maximum atomic E-state index is 12.7. The first-order valence-electron chi connectivity index (χ1n) is 11.6. The van der Waals surface area contributed by atoms with Crippen molar-refractivity contribution in [3.05, 3.63) is 89.0 Å². The van der Waals surface area contributed by atoms with E-state index >= 15 is 0 Å². The zero-order chi connectivity index (χ0) is 25.5. The number of amides is 3. The molecule has 0 saturated carbocycles. The molecular weight excluding hydrogens is 442 g/mol. The van der Waals surface area contributed by atoms with Crippen molar-refractivity contribution < 1.29 is 22.0 Å². The molecule has 0 fully saturated rings. The number of hydrogen-bond acceptors (Lipinski definition) is 4. The number of anilines is 1. The molecule has 0 aromatic heterocycles. The number of nitrogens with two attached hydrogens (primary N) is 1. The number of ether oxygens (including phenoxy) is 1. The van der Waals surface area contributed by atoms with Crippen molar-refractivity contribution in [3.8, 4) is 11.5 Å². The Bertz CT molecular complexity index is 1210. The number of nitrogens with zero attached hydrogens (tertiary/aromatic N) is 1. The maximum absolute atomic E-state index is 12.7. The number of primary amides is 1. The fourth-order valence-corrected chi connectivity index (χ4v) is 3.54. The van der Waals surface area contributed by atoms with Gasteiger partial charge < -0.3 is 20.7 Å². The monoisotopic (exact) mass is 477 g/mol. The van der Waals surface area contributed by atoms with Gasteiger partial charge in [-0.3, -0.25) is 14.4 Å². The summed E-state index contributed by atoms with van der Waals surface area (Å²) in [6.07, 6.45) is 0. The van der Waals surface area contributed by atoms with E-state index in [-0.39, 0.29) is 14.7 Å². The highest BCUT2D eigenvalue weighted by Crippen LogP contribution is 2.28. The first-order chi connectivity index (χ1) is 16.7. The van der Waals surface area contributed by atoms with Gasteiger partial charge in [0, 0.05) is 45.2 Å². The smallest absolute Gasteiger partial charge is 0.255 e. The highest BCUT2D eigenvalue weighted by Gasteiger charge is 2.15. The van der Waals surface area contributed by atoms with E-state index in [4.69, 9.17) is 10.5 Å². The molecule has 0 aliphatic carbocycles. The summed E-state index contributed by atoms with van der Waals surface area (Å²) in [7, 11) is 0. The van der Waals surface area contributed by atoms with Crippen LogP contribution < -0.4 is 15.8 Å². The van der Waals surface area contributed by atoms with Crippen molar-refractivity contribution >= 4 is 23.4 Å². The Morgan fingerprint density at radius 3 is 2.14 bits per heavy atom. The Balaban J connectivity index is 0.00000342. The molecule has 3 aromatic rings. The summed E-state index contributed by atoms with van der Waals surface area (Å²) in [5, 5.41) is 2.89. The molecule has 0 spiro atoms. The van der Waals surface area contributed by atoms with Gasteiger partial charge in [-0.2, -0.15) is 0 Å². The second kappa shape index (κ2) is 11.3. The summed E-state index contributed by atoms with van der Waals surface area (Å²) >= 11 is 0. The number of hydrogen-bond donors (Lipinski definition) is 2. The third-order valence-corrected chi connectivity index (χ3v) is 5.72. The summed E-state index contributed by atoms with van der Waals surface area (Å²) in [5.41, 5.74) is 8.87. The molecule has 7 heteroatoms. The lowest BCUT2D eigenvalue weighted by molar-refractivity contribution is -0.129. The molecule has 3 amide bonds. The highest BCUT2D eigenvalue weighted by atomic mass is 16.5. The van der Waals surface area contributed by atoms with Crippen LogP contribution in [0.4, 0.5) is 5.69 Å². The molecule has 3 rings (SSSR count). The molecule has 0 atom stereocenters. The summed E-state index contributed by atoms with van der Waals surface area (Å²) in [6.45, 7) is 8.50. The van der Waals surface area contributed by atoms with E-state index in [1.54, 1.807) is 47.4 Å². The minimum Gasteiger partial charge on any atom is -0.457 e. The van der Waals surface area contributed by atoms with Gasteiger partial charge in [-0.05, 0) is 66.9 Å². The van der Waals surface area contributed by atoms with Crippen LogP contribution in [0.25, 0.3) is 0 Å². The van der Waals surface area contributed by atoms with Gasteiger partial charge in [0.1, 0.15) is 11.5 Å². The maximum Gasteiger partial charge on any atom is 0.255 e. The van der Waals surface area contributed by atoms with Gasteiger partial charge in [-0.25, -0.2) is 0 Å². The van der Waals surface area contributed by atoms with Gasteiger partial charge in [0.15, 0.2) is 0 Å². The van der Waals surface area contributed by atoms with Crippen molar-refractivity contribution in [2.24, 2.45) is 5.73 Å². The van der Waals surface area contributed by atoms with Gasteiger partial charge >= 0.3 is 0 Å². The second-order valence-corrected chi connectivity index (χ2v) is 8.58.